The van der Waals surface area contributed by atoms with E-state index in [0.717, 1.165) is 12.1 Å². The molecular weight excluding hydrogens is 300 g/mol. The van der Waals surface area contributed by atoms with Gasteiger partial charge in [-0.1, -0.05) is 0 Å². The first kappa shape index (κ1) is 17.4. The van der Waals surface area contributed by atoms with Crippen LogP contribution in [0, 0.1) is 0 Å². The molecule has 0 aliphatic carbocycles. The average molecular weight is 324 g/mol. The lowest BCUT2D eigenvalue weighted by Gasteiger charge is -2.25. The van der Waals surface area contributed by atoms with Gasteiger partial charge in [-0.25, -0.2) is 4.79 Å². The number of hydrogen-bond acceptors (Lipinski definition) is 6. The number of phenols is 1. The van der Waals surface area contributed by atoms with Crippen molar-refractivity contribution in [2.75, 3.05) is 32.1 Å². The Bertz CT molecular complexity index is 562. The van der Waals surface area contributed by atoms with Crippen LogP contribution < -0.4 is 15.4 Å². The van der Waals surface area contributed by atoms with Crippen molar-refractivity contribution >= 4 is 11.8 Å². The number of phenolic OH excluding ortho intramolecular Hbond substituents is 1. The van der Waals surface area contributed by atoms with Crippen molar-refractivity contribution in [2.24, 2.45) is 0 Å². The van der Waals surface area contributed by atoms with Gasteiger partial charge in [0.15, 0.2) is 11.5 Å². The molecule has 0 saturated carbocycles. The van der Waals surface area contributed by atoms with Crippen LogP contribution in [0.25, 0.3) is 0 Å². The van der Waals surface area contributed by atoms with Crippen LogP contribution in [-0.4, -0.2) is 43.6 Å². The second-order valence-corrected chi connectivity index (χ2v) is 6.31. The fourth-order valence-electron chi connectivity index (χ4n) is 2.26. The Morgan fingerprint density at radius 3 is 2.74 bits per heavy atom. The second-order valence-electron chi connectivity index (χ2n) is 6.31. The Morgan fingerprint density at radius 2 is 2.17 bits per heavy atom. The molecule has 1 saturated heterocycles. The third-order valence-electron chi connectivity index (χ3n) is 3.25. The van der Waals surface area contributed by atoms with Crippen molar-refractivity contribution in [3.63, 3.8) is 0 Å². The quantitative estimate of drug-likeness (QED) is 0.740. The minimum absolute atomic E-state index is 0.147. The zero-order valence-corrected chi connectivity index (χ0v) is 13.9. The molecule has 7 nitrogen and oxygen atoms in total. The zero-order valence-electron chi connectivity index (χ0n) is 13.9. The molecule has 0 bridgehead atoms. The van der Waals surface area contributed by atoms with E-state index in [9.17, 15) is 9.90 Å². The standard InChI is InChI=1S/C16H24N2O5/c1-16(2,3)23-15(20)18-11-7-10(8-12(21-4)14(11)19)13-9-17-5-6-22-13/h7-8,13,17,19H,5-6,9H2,1-4H3,(H,18,20). The van der Waals surface area contributed by atoms with Crippen molar-refractivity contribution < 1.29 is 24.1 Å². The van der Waals surface area contributed by atoms with Gasteiger partial charge in [-0.15, -0.1) is 0 Å². The number of methoxy groups -OCH3 is 1. The summed E-state index contributed by atoms with van der Waals surface area (Å²) in [6, 6.07) is 3.37. The summed E-state index contributed by atoms with van der Waals surface area (Å²) < 4.78 is 16.1. The first-order chi connectivity index (χ1) is 10.8. The maximum Gasteiger partial charge on any atom is 0.412 e. The maximum atomic E-state index is 11.9. The fourth-order valence-corrected chi connectivity index (χ4v) is 2.26. The summed E-state index contributed by atoms with van der Waals surface area (Å²) in [5.41, 5.74) is 0.401. The topological polar surface area (TPSA) is 89.0 Å². The number of aromatic hydroxyl groups is 1. The molecule has 0 aromatic heterocycles. The average Bonchev–Trinajstić information content (AvgIpc) is 2.48. The third kappa shape index (κ3) is 4.74. The molecular formula is C16H24N2O5. The highest BCUT2D eigenvalue weighted by Crippen LogP contribution is 2.38. The van der Waals surface area contributed by atoms with Gasteiger partial charge in [0.05, 0.1) is 25.5 Å². The molecule has 1 aromatic rings. The third-order valence-corrected chi connectivity index (χ3v) is 3.25. The highest BCUT2D eigenvalue weighted by Gasteiger charge is 2.22. The van der Waals surface area contributed by atoms with Gasteiger partial charge in [-0.3, -0.25) is 5.32 Å². The number of benzene rings is 1. The fraction of sp³-hybridized carbons (Fsp3) is 0.562. The Kier molecular flexibility index (Phi) is 5.33. The van der Waals surface area contributed by atoms with Gasteiger partial charge in [0.1, 0.15) is 5.60 Å². The van der Waals surface area contributed by atoms with Gasteiger partial charge in [-0.2, -0.15) is 0 Å². The predicted octanol–water partition coefficient (Wildman–Crippen LogP) is 2.41. The van der Waals surface area contributed by atoms with Crippen LogP contribution in [0.5, 0.6) is 11.5 Å². The summed E-state index contributed by atoms with van der Waals surface area (Å²) >= 11 is 0. The lowest BCUT2D eigenvalue weighted by Crippen LogP contribution is -2.33. The molecule has 1 fully saturated rings. The Hall–Kier alpha value is -1.99. The number of morpholine rings is 1. The Labute approximate surface area is 135 Å². The van der Waals surface area contributed by atoms with E-state index >= 15 is 0 Å². The van der Waals surface area contributed by atoms with Crippen LogP contribution in [0.3, 0.4) is 0 Å². The lowest BCUT2D eigenvalue weighted by atomic mass is 10.1. The first-order valence-electron chi connectivity index (χ1n) is 7.53. The van der Waals surface area contributed by atoms with E-state index in [1.165, 1.54) is 7.11 Å². The highest BCUT2D eigenvalue weighted by atomic mass is 16.6. The van der Waals surface area contributed by atoms with Crippen molar-refractivity contribution in [1.82, 2.24) is 5.32 Å². The number of rotatable bonds is 3. The molecule has 1 aliphatic rings. The van der Waals surface area contributed by atoms with E-state index in [0.29, 0.717) is 13.2 Å². The van der Waals surface area contributed by atoms with E-state index in [-0.39, 0.29) is 23.3 Å². The van der Waals surface area contributed by atoms with Gasteiger partial charge in [0.25, 0.3) is 0 Å². The molecule has 1 aromatic carbocycles. The van der Waals surface area contributed by atoms with Gasteiger partial charge >= 0.3 is 6.09 Å². The SMILES string of the molecule is COc1cc(C2CNCCO2)cc(NC(=O)OC(C)(C)C)c1O. The van der Waals surface area contributed by atoms with E-state index < -0.39 is 11.7 Å². The summed E-state index contributed by atoms with van der Waals surface area (Å²) in [4.78, 5) is 11.9. The molecule has 1 aliphatic heterocycles. The number of carbonyl (C=O) groups excluding carboxylic acids is 1. The van der Waals surface area contributed by atoms with Crippen molar-refractivity contribution in [2.45, 2.75) is 32.5 Å². The number of ether oxygens (including phenoxy) is 3. The molecule has 1 amide bonds. The van der Waals surface area contributed by atoms with E-state index in [4.69, 9.17) is 14.2 Å². The van der Waals surface area contributed by atoms with Crippen LogP contribution in [0.4, 0.5) is 10.5 Å². The van der Waals surface area contributed by atoms with Crippen LogP contribution in [0.1, 0.15) is 32.4 Å². The predicted molar refractivity (Wildman–Crippen MR) is 86.1 cm³/mol. The summed E-state index contributed by atoms with van der Waals surface area (Å²) in [5, 5.41) is 16.0. The lowest BCUT2D eigenvalue weighted by molar-refractivity contribution is 0.0275. The molecule has 0 radical (unpaired) electrons. The Morgan fingerprint density at radius 1 is 1.43 bits per heavy atom. The zero-order chi connectivity index (χ0) is 17.0. The Balaban J connectivity index is 2.24. The monoisotopic (exact) mass is 324 g/mol. The summed E-state index contributed by atoms with van der Waals surface area (Å²) in [7, 11) is 1.45. The molecule has 3 N–H and O–H groups in total. The molecule has 1 unspecified atom stereocenters. The van der Waals surface area contributed by atoms with Crippen LogP contribution >= 0.6 is 0 Å². The molecule has 1 heterocycles. The van der Waals surface area contributed by atoms with Crippen LogP contribution in [0.15, 0.2) is 12.1 Å². The summed E-state index contributed by atoms with van der Waals surface area (Å²) in [6.07, 6.45) is -0.813. The van der Waals surface area contributed by atoms with Crippen LogP contribution in [-0.2, 0) is 9.47 Å². The maximum absolute atomic E-state index is 11.9. The largest absolute Gasteiger partial charge is 0.503 e. The molecule has 2 rings (SSSR count). The second kappa shape index (κ2) is 7.06. The van der Waals surface area contributed by atoms with E-state index in [1.54, 1.807) is 32.9 Å². The van der Waals surface area contributed by atoms with Crippen molar-refractivity contribution in [3.8, 4) is 11.5 Å². The molecule has 0 spiro atoms. The molecule has 128 valence electrons. The smallest absolute Gasteiger partial charge is 0.412 e. The molecule has 23 heavy (non-hydrogen) atoms. The molecule has 1 atom stereocenters. The van der Waals surface area contributed by atoms with Gasteiger partial charge < -0.3 is 24.6 Å². The number of hydrogen-bond donors (Lipinski definition) is 3. The van der Waals surface area contributed by atoms with Gasteiger partial charge in [0, 0.05) is 13.1 Å². The van der Waals surface area contributed by atoms with Crippen molar-refractivity contribution in [1.29, 1.82) is 0 Å². The van der Waals surface area contributed by atoms with Crippen molar-refractivity contribution in [3.05, 3.63) is 17.7 Å². The minimum atomic E-state index is -0.644. The van der Waals surface area contributed by atoms with E-state index in [2.05, 4.69) is 10.6 Å². The van der Waals surface area contributed by atoms with E-state index in [1.807, 2.05) is 0 Å². The number of amides is 1. The van der Waals surface area contributed by atoms with Gasteiger partial charge in [-0.05, 0) is 38.5 Å². The molecule has 7 heteroatoms. The number of nitrogens with one attached hydrogen (secondary N) is 2. The number of anilines is 1. The van der Waals surface area contributed by atoms with Crippen LogP contribution in [0.2, 0.25) is 0 Å². The highest BCUT2D eigenvalue weighted by molar-refractivity contribution is 5.88. The number of carbonyl (C=O) groups is 1. The first-order valence-corrected chi connectivity index (χ1v) is 7.53. The normalized spacial score (nSPS) is 18.3. The summed E-state index contributed by atoms with van der Waals surface area (Å²) in [6.45, 7) is 7.36. The summed E-state index contributed by atoms with van der Waals surface area (Å²) in [5.74, 6) is 0.119. The van der Waals surface area contributed by atoms with Gasteiger partial charge in [0.2, 0.25) is 0 Å². The minimum Gasteiger partial charge on any atom is -0.503 e.